The van der Waals surface area contributed by atoms with Crippen molar-refractivity contribution in [2.24, 2.45) is 0 Å². The Hall–Kier alpha value is -1.91. The van der Waals surface area contributed by atoms with Crippen LogP contribution in [0.2, 0.25) is 0 Å². The van der Waals surface area contributed by atoms with Gasteiger partial charge in [0, 0.05) is 0 Å². The Morgan fingerprint density at radius 2 is 2.00 bits per heavy atom. The van der Waals surface area contributed by atoms with Crippen molar-refractivity contribution in [3.05, 3.63) is 23.8 Å². The van der Waals surface area contributed by atoms with E-state index in [-0.39, 0.29) is 12.2 Å². The molecule has 0 radical (unpaired) electrons. The molecule has 0 aromatic heterocycles. The first kappa shape index (κ1) is 14.5. The molecule has 2 N–H and O–H groups in total. The predicted octanol–water partition coefficient (Wildman–Crippen LogP) is 2.58. The maximum atomic E-state index is 11.8. The van der Waals surface area contributed by atoms with E-state index in [2.05, 4.69) is 0 Å². The van der Waals surface area contributed by atoms with Gasteiger partial charge < -0.3 is 20.1 Å². The lowest BCUT2D eigenvalue weighted by Gasteiger charge is -2.39. The first-order valence-electron chi connectivity index (χ1n) is 6.75. The van der Waals surface area contributed by atoms with Crippen molar-refractivity contribution in [1.29, 1.82) is 0 Å². The summed E-state index contributed by atoms with van der Waals surface area (Å²) in [4.78, 5) is 13.4. The Kier molecular flexibility index (Phi) is 3.79. The third-order valence-electron chi connectivity index (χ3n) is 2.96. The van der Waals surface area contributed by atoms with Crippen molar-refractivity contribution in [2.45, 2.75) is 39.4 Å². The van der Waals surface area contributed by atoms with E-state index < -0.39 is 5.60 Å². The van der Waals surface area contributed by atoms with Crippen LogP contribution in [0.5, 0.6) is 5.75 Å². The second kappa shape index (κ2) is 5.23. The highest BCUT2D eigenvalue weighted by molar-refractivity contribution is 5.69. The lowest BCUT2D eigenvalue weighted by Crippen LogP contribution is -2.57. The molecule has 1 saturated heterocycles. The summed E-state index contributed by atoms with van der Waals surface area (Å²) in [5, 5.41) is 0. The number of likely N-dealkylation sites (tertiary alicyclic amines) is 1. The second-order valence-electron chi connectivity index (χ2n) is 6.17. The highest BCUT2D eigenvalue weighted by Crippen LogP contribution is 2.26. The number of nitrogens with zero attached hydrogens (tertiary/aromatic N) is 1. The summed E-state index contributed by atoms with van der Waals surface area (Å²) >= 11 is 0. The molecule has 2 rings (SSSR count). The molecular weight excluding hydrogens is 256 g/mol. The molecule has 1 heterocycles. The van der Waals surface area contributed by atoms with Crippen molar-refractivity contribution >= 4 is 11.8 Å². The van der Waals surface area contributed by atoms with E-state index in [9.17, 15) is 4.79 Å². The number of aryl methyl sites for hydroxylation is 1. The lowest BCUT2D eigenvalue weighted by molar-refractivity contribution is -0.0219. The molecule has 0 spiro atoms. The van der Waals surface area contributed by atoms with Gasteiger partial charge in [-0.05, 0) is 45.4 Å². The molecule has 0 aliphatic carbocycles. The molecule has 0 saturated carbocycles. The molecule has 0 bridgehead atoms. The molecule has 1 aromatic rings. The maximum Gasteiger partial charge on any atom is 0.410 e. The summed E-state index contributed by atoms with van der Waals surface area (Å²) < 4.78 is 11.1. The second-order valence-corrected chi connectivity index (χ2v) is 6.17. The van der Waals surface area contributed by atoms with Gasteiger partial charge in [0.05, 0.1) is 18.8 Å². The van der Waals surface area contributed by atoms with Crippen LogP contribution >= 0.6 is 0 Å². The number of amides is 1. The van der Waals surface area contributed by atoms with E-state index in [0.29, 0.717) is 24.5 Å². The highest BCUT2D eigenvalue weighted by Gasteiger charge is 2.35. The summed E-state index contributed by atoms with van der Waals surface area (Å²) in [6.45, 7) is 8.60. The zero-order valence-corrected chi connectivity index (χ0v) is 12.5. The van der Waals surface area contributed by atoms with Gasteiger partial charge in [-0.3, -0.25) is 0 Å². The molecule has 20 heavy (non-hydrogen) atoms. The van der Waals surface area contributed by atoms with Gasteiger partial charge >= 0.3 is 6.09 Å². The predicted molar refractivity (Wildman–Crippen MR) is 77.8 cm³/mol. The molecule has 1 aliphatic rings. The Labute approximate surface area is 119 Å². The lowest BCUT2D eigenvalue weighted by atomic mass is 10.1. The molecule has 5 heteroatoms. The fourth-order valence-electron chi connectivity index (χ4n) is 1.94. The number of anilines is 1. The molecular formula is C15H22N2O3. The monoisotopic (exact) mass is 278 g/mol. The molecule has 1 aromatic carbocycles. The summed E-state index contributed by atoms with van der Waals surface area (Å²) in [5.74, 6) is 0.671. The highest BCUT2D eigenvalue weighted by atomic mass is 16.6. The van der Waals surface area contributed by atoms with E-state index >= 15 is 0 Å². The van der Waals surface area contributed by atoms with Crippen LogP contribution in [0.25, 0.3) is 0 Å². The number of benzene rings is 1. The Morgan fingerprint density at radius 3 is 2.55 bits per heavy atom. The van der Waals surface area contributed by atoms with Gasteiger partial charge in [-0.2, -0.15) is 0 Å². The minimum atomic E-state index is -0.468. The Morgan fingerprint density at radius 1 is 1.35 bits per heavy atom. The molecule has 0 atom stereocenters. The summed E-state index contributed by atoms with van der Waals surface area (Å²) in [5.41, 5.74) is 7.15. The standard InChI is InChI=1S/C15H22N2O3/c1-10-5-6-13(12(16)7-10)19-11-8-17(9-11)14(18)20-15(2,3)4/h5-7,11H,8-9,16H2,1-4H3. The van der Waals surface area contributed by atoms with Crippen molar-refractivity contribution in [1.82, 2.24) is 4.90 Å². The normalized spacial score (nSPS) is 15.7. The van der Waals surface area contributed by atoms with Crippen LogP contribution in [-0.2, 0) is 4.74 Å². The van der Waals surface area contributed by atoms with E-state index in [1.165, 1.54) is 0 Å². The fourth-order valence-corrected chi connectivity index (χ4v) is 1.94. The summed E-state index contributed by atoms with van der Waals surface area (Å²) in [6, 6.07) is 5.69. The van der Waals surface area contributed by atoms with Gasteiger partial charge in [-0.15, -0.1) is 0 Å². The van der Waals surface area contributed by atoms with Crippen LogP contribution in [0.15, 0.2) is 18.2 Å². The number of hydrogen-bond donors (Lipinski definition) is 1. The third-order valence-corrected chi connectivity index (χ3v) is 2.96. The van der Waals surface area contributed by atoms with Crippen molar-refractivity contribution < 1.29 is 14.3 Å². The van der Waals surface area contributed by atoms with Crippen LogP contribution in [0, 0.1) is 6.92 Å². The van der Waals surface area contributed by atoms with Crippen LogP contribution in [0.3, 0.4) is 0 Å². The number of hydrogen-bond acceptors (Lipinski definition) is 4. The summed E-state index contributed by atoms with van der Waals surface area (Å²) in [7, 11) is 0. The molecule has 5 nitrogen and oxygen atoms in total. The van der Waals surface area contributed by atoms with E-state index in [0.717, 1.165) is 5.56 Å². The average molecular weight is 278 g/mol. The first-order chi connectivity index (χ1) is 9.24. The summed E-state index contributed by atoms with van der Waals surface area (Å²) in [6.07, 6.45) is -0.318. The molecule has 110 valence electrons. The first-order valence-corrected chi connectivity index (χ1v) is 6.75. The van der Waals surface area contributed by atoms with Crippen LogP contribution < -0.4 is 10.5 Å². The zero-order chi connectivity index (χ0) is 14.9. The largest absolute Gasteiger partial charge is 0.485 e. The van der Waals surface area contributed by atoms with E-state index in [4.69, 9.17) is 15.2 Å². The van der Waals surface area contributed by atoms with Crippen molar-refractivity contribution in [3.63, 3.8) is 0 Å². The number of nitrogens with two attached hydrogens (primary N) is 1. The van der Waals surface area contributed by atoms with Crippen LogP contribution in [0.4, 0.5) is 10.5 Å². The maximum absolute atomic E-state index is 11.8. The van der Waals surface area contributed by atoms with Gasteiger partial charge in [0.25, 0.3) is 0 Å². The SMILES string of the molecule is Cc1ccc(OC2CN(C(=O)OC(C)(C)C)C2)c(N)c1. The molecule has 0 unspecified atom stereocenters. The quantitative estimate of drug-likeness (QED) is 0.844. The number of carbonyl (C=O) groups is 1. The third kappa shape index (κ3) is 3.56. The Balaban J connectivity index is 1.83. The van der Waals surface area contributed by atoms with Gasteiger partial charge in [0.1, 0.15) is 17.5 Å². The van der Waals surface area contributed by atoms with Crippen LogP contribution in [0.1, 0.15) is 26.3 Å². The fraction of sp³-hybridized carbons (Fsp3) is 0.533. The minimum Gasteiger partial charge on any atom is -0.485 e. The van der Waals surface area contributed by atoms with Gasteiger partial charge in [-0.1, -0.05) is 6.07 Å². The smallest absolute Gasteiger partial charge is 0.410 e. The number of carbonyl (C=O) groups excluding carboxylic acids is 1. The van der Waals surface area contributed by atoms with Gasteiger partial charge in [0.15, 0.2) is 0 Å². The molecule has 1 aliphatic heterocycles. The van der Waals surface area contributed by atoms with Crippen molar-refractivity contribution in [2.75, 3.05) is 18.8 Å². The van der Waals surface area contributed by atoms with Crippen molar-refractivity contribution in [3.8, 4) is 5.75 Å². The van der Waals surface area contributed by atoms with Crippen LogP contribution in [-0.4, -0.2) is 35.8 Å². The minimum absolute atomic E-state index is 0.0208. The number of rotatable bonds is 2. The van der Waals surface area contributed by atoms with E-state index in [1.807, 2.05) is 45.9 Å². The molecule has 1 fully saturated rings. The topological polar surface area (TPSA) is 64.8 Å². The average Bonchev–Trinajstić information content (AvgIpc) is 2.22. The Bertz CT molecular complexity index is 502. The van der Waals surface area contributed by atoms with E-state index in [1.54, 1.807) is 4.90 Å². The van der Waals surface area contributed by atoms with Gasteiger partial charge in [0.2, 0.25) is 0 Å². The molecule has 1 amide bonds. The number of ether oxygens (including phenoxy) is 2. The van der Waals surface area contributed by atoms with Gasteiger partial charge in [-0.25, -0.2) is 4.79 Å². The zero-order valence-electron chi connectivity index (χ0n) is 12.5. The number of nitrogen functional groups attached to an aromatic ring is 1.